The third-order valence-electron chi connectivity index (χ3n) is 4.87. The van der Waals surface area contributed by atoms with Crippen molar-refractivity contribution in [3.05, 3.63) is 43.0 Å². The van der Waals surface area contributed by atoms with Crippen molar-refractivity contribution in [1.29, 1.82) is 5.26 Å². The van der Waals surface area contributed by atoms with Gasteiger partial charge in [-0.25, -0.2) is 9.97 Å². The molecule has 11 heteroatoms. The molecular weight excluding hydrogens is 422 g/mol. The van der Waals surface area contributed by atoms with Crippen molar-refractivity contribution in [3.63, 3.8) is 0 Å². The van der Waals surface area contributed by atoms with Crippen LogP contribution in [-0.4, -0.2) is 43.1 Å². The zero-order valence-corrected chi connectivity index (χ0v) is 17.3. The van der Waals surface area contributed by atoms with Crippen molar-refractivity contribution < 1.29 is 23.4 Å². The standard InChI is InChI=1S/C21H18F2N6O3/c1-21(2,11-24)29-9-13(8-26-29)28-10-16-14(19(28)30)4-5-15(27-16)12-6-17(31-3)18(25-7-12)32-20(22)23/h4-10,20,30H,1-3H3. The predicted molar refractivity (Wildman–Crippen MR) is 110 cm³/mol. The molecule has 0 radical (unpaired) electrons. The molecule has 0 aromatic carbocycles. The topological polar surface area (TPSA) is 111 Å². The summed E-state index contributed by atoms with van der Waals surface area (Å²) in [6, 6.07) is 7.00. The van der Waals surface area contributed by atoms with Gasteiger partial charge in [0.15, 0.2) is 5.75 Å². The fourth-order valence-corrected chi connectivity index (χ4v) is 3.12. The van der Waals surface area contributed by atoms with Crippen molar-refractivity contribution >= 4 is 10.9 Å². The monoisotopic (exact) mass is 440 g/mol. The first-order valence-corrected chi connectivity index (χ1v) is 9.40. The third-order valence-corrected chi connectivity index (χ3v) is 4.87. The first-order chi connectivity index (χ1) is 15.2. The number of pyridine rings is 2. The fraction of sp³-hybridized carbons (Fsp3) is 0.238. The molecule has 164 valence electrons. The van der Waals surface area contributed by atoms with E-state index in [1.807, 2.05) is 0 Å². The molecule has 0 atom stereocenters. The summed E-state index contributed by atoms with van der Waals surface area (Å²) in [7, 11) is 1.32. The highest BCUT2D eigenvalue weighted by atomic mass is 19.3. The minimum atomic E-state index is -3.03. The maximum Gasteiger partial charge on any atom is 0.388 e. The van der Waals surface area contributed by atoms with Crippen LogP contribution in [0.4, 0.5) is 8.78 Å². The molecule has 0 aliphatic heterocycles. The Bertz CT molecular complexity index is 1340. The third kappa shape index (κ3) is 3.66. The lowest BCUT2D eigenvalue weighted by molar-refractivity contribution is -0.0542. The summed E-state index contributed by atoms with van der Waals surface area (Å²) in [5.74, 6) is -0.323. The van der Waals surface area contributed by atoms with Crippen molar-refractivity contribution in [2.24, 2.45) is 0 Å². The van der Waals surface area contributed by atoms with Gasteiger partial charge < -0.3 is 14.6 Å². The van der Waals surface area contributed by atoms with E-state index in [0.29, 0.717) is 27.8 Å². The molecule has 0 aliphatic carbocycles. The Morgan fingerprint density at radius 1 is 1.22 bits per heavy atom. The van der Waals surface area contributed by atoms with Gasteiger partial charge in [0.05, 0.1) is 47.9 Å². The number of alkyl halides is 2. The fourth-order valence-electron chi connectivity index (χ4n) is 3.12. The van der Waals surface area contributed by atoms with E-state index in [4.69, 9.17) is 4.74 Å². The molecule has 4 aromatic rings. The van der Waals surface area contributed by atoms with E-state index >= 15 is 0 Å². The van der Waals surface area contributed by atoms with Gasteiger partial charge in [-0.05, 0) is 32.0 Å². The van der Waals surface area contributed by atoms with Crippen LogP contribution in [0.3, 0.4) is 0 Å². The molecule has 9 nitrogen and oxygen atoms in total. The summed E-state index contributed by atoms with van der Waals surface area (Å²) in [6.45, 7) is 0.426. The smallest absolute Gasteiger partial charge is 0.388 e. The number of hydrogen-bond donors (Lipinski definition) is 1. The van der Waals surface area contributed by atoms with Gasteiger partial charge in [-0.2, -0.15) is 19.1 Å². The molecule has 0 spiro atoms. The Kier molecular flexibility index (Phi) is 5.14. The van der Waals surface area contributed by atoms with E-state index in [1.54, 1.807) is 38.4 Å². The molecule has 0 amide bonds. The number of halogens is 2. The molecule has 0 aliphatic rings. The van der Waals surface area contributed by atoms with Crippen molar-refractivity contribution in [1.82, 2.24) is 24.3 Å². The van der Waals surface area contributed by atoms with E-state index in [2.05, 4.69) is 25.9 Å². The molecule has 4 heterocycles. The number of fused-ring (bicyclic) bond motifs is 1. The summed E-state index contributed by atoms with van der Waals surface area (Å²) >= 11 is 0. The summed E-state index contributed by atoms with van der Waals surface area (Å²) in [5.41, 5.74) is 1.20. The van der Waals surface area contributed by atoms with Crippen LogP contribution >= 0.6 is 0 Å². The SMILES string of the molecule is COc1cc(-c2ccc3c(O)n(-c4cnn(C(C)(C)C#N)c4)cc3n2)cnc1OC(F)F. The van der Waals surface area contributed by atoms with Crippen LogP contribution in [0.1, 0.15) is 13.8 Å². The van der Waals surface area contributed by atoms with Gasteiger partial charge in [-0.1, -0.05) is 0 Å². The molecule has 0 saturated heterocycles. The Balaban J connectivity index is 1.73. The average molecular weight is 440 g/mol. The molecule has 4 aromatic heterocycles. The van der Waals surface area contributed by atoms with Crippen LogP contribution in [0.25, 0.3) is 27.8 Å². The summed E-state index contributed by atoms with van der Waals surface area (Å²) in [5, 5.41) is 24.7. The van der Waals surface area contributed by atoms with E-state index in [9.17, 15) is 19.1 Å². The van der Waals surface area contributed by atoms with Crippen molar-refractivity contribution in [2.45, 2.75) is 26.0 Å². The molecule has 0 unspecified atom stereocenters. The van der Waals surface area contributed by atoms with Crippen LogP contribution in [-0.2, 0) is 5.54 Å². The van der Waals surface area contributed by atoms with E-state index in [-0.39, 0.29) is 17.5 Å². The minimum Gasteiger partial charge on any atom is -0.494 e. The first-order valence-electron chi connectivity index (χ1n) is 9.40. The zero-order valence-electron chi connectivity index (χ0n) is 17.3. The minimum absolute atomic E-state index is 0.0373. The van der Waals surface area contributed by atoms with Crippen LogP contribution in [0.2, 0.25) is 0 Å². The lowest BCUT2D eigenvalue weighted by Gasteiger charge is -2.15. The second-order valence-electron chi connectivity index (χ2n) is 7.38. The number of hydrogen-bond acceptors (Lipinski definition) is 7. The largest absolute Gasteiger partial charge is 0.494 e. The van der Waals surface area contributed by atoms with E-state index in [0.717, 1.165) is 0 Å². The first kappa shape index (κ1) is 21.0. The molecule has 0 fully saturated rings. The number of nitriles is 1. The van der Waals surface area contributed by atoms with Gasteiger partial charge in [0, 0.05) is 18.0 Å². The lowest BCUT2D eigenvalue weighted by atomic mass is 10.1. The number of ether oxygens (including phenoxy) is 2. The molecule has 1 N–H and O–H groups in total. The van der Waals surface area contributed by atoms with Gasteiger partial charge in [-0.3, -0.25) is 9.25 Å². The Hall–Kier alpha value is -4.20. The summed E-state index contributed by atoms with van der Waals surface area (Å²) < 4.78 is 37.5. The van der Waals surface area contributed by atoms with E-state index in [1.165, 1.54) is 34.8 Å². The Morgan fingerprint density at radius 2 is 2.00 bits per heavy atom. The van der Waals surface area contributed by atoms with Crippen LogP contribution in [0.15, 0.2) is 43.0 Å². The summed E-state index contributed by atoms with van der Waals surface area (Å²) in [6.07, 6.45) is 6.17. The normalized spacial score (nSPS) is 11.7. The lowest BCUT2D eigenvalue weighted by Crippen LogP contribution is -2.24. The predicted octanol–water partition coefficient (Wildman–Crippen LogP) is 3.86. The number of aromatic nitrogens is 5. The van der Waals surface area contributed by atoms with Gasteiger partial charge in [-0.15, -0.1) is 0 Å². The van der Waals surface area contributed by atoms with Crippen LogP contribution < -0.4 is 9.47 Å². The highest BCUT2D eigenvalue weighted by molar-refractivity contribution is 5.87. The van der Waals surface area contributed by atoms with Crippen LogP contribution in [0.5, 0.6) is 17.5 Å². The number of aromatic hydroxyl groups is 1. The second-order valence-corrected chi connectivity index (χ2v) is 7.38. The van der Waals surface area contributed by atoms with Crippen molar-refractivity contribution in [2.75, 3.05) is 7.11 Å². The summed E-state index contributed by atoms with van der Waals surface area (Å²) in [4.78, 5) is 8.44. The second kappa shape index (κ2) is 7.81. The van der Waals surface area contributed by atoms with Gasteiger partial charge >= 0.3 is 6.61 Å². The van der Waals surface area contributed by atoms with Gasteiger partial charge in [0.1, 0.15) is 5.54 Å². The van der Waals surface area contributed by atoms with E-state index < -0.39 is 12.2 Å². The Labute approximate surface area is 181 Å². The molecular formula is C21H18F2N6O3. The average Bonchev–Trinajstić information content (AvgIpc) is 3.39. The van der Waals surface area contributed by atoms with Crippen LogP contribution in [0, 0.1) is 11.3 Å². The maximum absolute atomic E-state index is 12.5. The molecule has 0 saturated carbocycles. The number of methoxy groups -OCH3 is 1. The quantitative estimate of drug-likeness (QED) is 0.485. The highest BCUT2D eigenvalue weighted by Gasteiger charge is 2.22. The zero-order chi connectivity index (χ0) is 23.0. The molecule has 0 bridgehead atoms. The molecule has 32 heavy (non-hydrogen) atoms. The maximum atomic E-state index is 12.5. The molecule has 4 rings (SSSR count). The van der Waals surface area contributed by atoms with Gasteiger partial charge in [0.25, 0.3) is 5.88 Å². The highest BCUT2D eigenvalue weighted by Crippen LogP contribution is 2.34. The number of nitrogens with zero attached hydrogens (tertiary/aromatic N) is 6. The Morgan fingerprint density at radius 3 is 2.69 bits per heavy atom. The van der Waals surface area contributed by atoms with Gasteiger partial charge in [0.2, 0.25) is 5.88 Å². The van der Waals surface area contributed by atoms with Crippen molar-refractivity contribution in [3.8, 4) is 40.5 Å². The number of rotatable bonds is 6.